The van der Waals surface area contributed by atoms with E-state index in [0.29, 0.717) is 5.92 Å². The van der Waals surface area contributed by atoms with Gasteiger partial charge in [-0.25, -0.2) is 0 Å². The Bertz CT molecular complexity index is 720. The molecule has 2 N–H and O–H groups in total. The Hall–Kier alpha value is -2.14. The maximum Gasteiger partial charge on any atom is 0.255 e. The topological polar surface area (TPSA) is 61.0 Å². The van der Waals surface area contributed by atoms with E-state index in [1.807, 2.05) is 13.0 Å². The third-order valence-corrected chi connectivity index (χ3v) is 5.02. The lowest BCUT2D eigenvalue weighted by molar-refractivity contribution is 0.0936. The van der Waals surface area contributed by atoms with Crippen molar-refractivity contribution < 1.29 is 4.79 Å². The highest BCUT2D eigenvalue weighted by Crippen LogP contribution is 2.41. The Morgan fingerprint density at radius 2 is 2.08 bits per heavy atom. The van der Waals surface area contributed by atoms with Gasteiger partial charge in [0.2, 0.25) is 0 Å². The van der Waals surface area contributed by atoms with Crippen molar-refractivity contribution in [1.29, 1.82) is 0 Å². The number of likely N-dealkylation sites (tertiary alicyclic amines) is 1. The number of aryl methyl sites for hydroxylation is 1. The molecule has 0 bridgehead atoms. The van der Waals surface area contributed by atoms with E-state index >= 15 is 0 Å². The number of rotatable bonds is 5. The molecule has 24 heavy (non-hydrogen) atoms. The maximum absolute atomic E-state index is 12.7. The van der Waals surface area contributed by atoms with E-state index in [0.717, 1.165) is 55.8 Å². The molecular weight excluding hydrogens is 300 g/mol. The van der Waals surface area contributed by atoms with Crippen LogP contribution in [0.2, 0.25) is 0 Å². The third kappa shape index (κ3) is 3.22. The minimum absolute atomic E-state index is 0.0368. The van der Waals surface area contributed by atoms with Gasteiger partial charge in [-0.05, 0) is 31.7 Å². The standard InChI is InChI=1S/C19H24N4O/c1-13-17(18(22-21-13)15-7-8-15)19(24)20-16-9-10-23(12-16)11-14-5-3-2-4-6-14/h2-6,15-16H,7-12H2,1H3,(H,20,24)(H,21,22)/t16-/m0/s1. The zero-order valence-electron chi connectivity index (χ0n) is 14.1. The molecule has 2 aliphatic rings. The number of aromatic nitrogens is 2. The molecule has 0 radical (unpaired) electrons. The fraction of sp³-hybridized carbons (Fsp3) is 0.474. The summed E-state index contributed by atoms with van der Waals surface area (Å²) in [5.74, 6) is 0.517. The summed E-state index contributed by atoms with van der Waals surface area (Å²) in [5.41, 5.74) is 3.95. The fourth-order valence-corrected chi connectivity index (χ4v) is 3.58. The molecule has 1 saturated heterocycles. The van der Waals surface area contributed by atoms with Crippen LogP contribution in [0.3, 0.4) is 0 Å². The number of benzene rings is 1. The van der Waals surface area contributed by atoms with E-state index < -0.39 is 0 Å². The molecule has 126 valence electrons. The SMILES string of the molecule is Cc1[nH]nc(C2CC2)c1C(=O)N[C@H]1CCN(Cc2ccccc2)C1. The van der Waals surface area contributed by atoms with Crippen molar-refractivity contribution in [3.8, 4) is 0 Å². The minimum atomic E-state index is 0.0368. The molecular formula is C19H24N4O. The summed E-state index contributed by atoms with van der Waals surface area (Å²) >= 11 is 0. The molecule has 1 amide bonds. The first kappa shape index (κ1) is 15.4. The molecule has 1 aliphatic heterocycles. The molecule has 5 nitrogen and oxygen atoms in total. The van der Waals surface area contributed by atoms with Gasteiger partial charge >= 0.3 is 0 Å². The molecule has 0 spiro atoms. The van der Waals surface area contributed by atoms with Crippen molar-refractivity contribution in [3.63, 3.8) is 0 Å². The highest BCUT2D eigenvalue weighted by molar-refractivity contribution is 5.96. The number of carbonyl (C=O) groups is 1. The zero-order chi connectivity index (χ0) is 16.5. The minimum Gasteiger partial charge on any atom is -0.348 e. The Balaban J connectivity index is 1.36. The predicted molar refractivity (Wildman–Crippen MR) is 92.9 cm³/mol. The molecule has 1 aromatic heterocycles. The van der Waals surface area contributed by atoms with Gasteiger partial charge in [0, 0.05) is 37.3 Å². The van der Waals surface area contributed by atoms with Gasteiger partial charge in [-0.2, -0.15) is 5.10 Å². The quantitative estimate of drug-likeness (QED) is 0.889. The third-order valence-electron chi connectivity index (χ3n) is 5.02. The summed E-state index contributed by atoms with van der Waals surface area (Å²) in [5, 5.41) is 10.6. The zero-order valence-corrected chi connectivity index (χ0v) is 14.1. The van der Waals surface area contributed by atoms with Gasteiger partial charge < -0.3 is 5.32 Å². The summed E-state index contributed by atoms with van der Waals surface area (Å²) < 4.78 is 0. The van der Waals surface area contributed by atoms with E-state index in [1.54, 1.807) is 0 Å². The van der Waals surface area contributed by atoms with Gasteiger partial charge in [0.05, 0.1) is 11.3 Å². The molecule has 1 atom stereocenters. The van der Waals surface area contributed by atoms with Crippen LogP contribution in [0.5, 0.6) is 0 Å². The molecule has 2 fully saturated rings. The number of aromatic amines is 1. The van der Waals surface area contributed by atoms with Crippen molar-refractivity contribution in [1.82, 2.24) is 20.4 Å². The lowest BCUT2D eigenvalue weighted by atomic mass is 10.1. The van der Waals surface area contributed by atoms with Gasteiger partial charge in [0.15, 0.2) is 0 Å². The van der Waals surface area contributed by atoms with Crippen molar-refractivity contribution >= 4 is 5.91 Å². The first-order valence-corrected chi connectivity index (χ1v) is 8.82. The Morgan fingerprint density at radius 3 is 2.83 bits per heavy atom. The first-order chi connectivity index (χ1) is 11.7. The van der Waals surface area contributed by atoms with E-state index in [9.17, 15) is 4.79 Å². The van der Waals surface area contributed by atoms with Crippen LogP contribution in [0, 0.1) is 6.92 Å². The van der Waals surface area contributed by atoms with Gasteiger partial charge in [0.1, 0.15) is 0 Å². The number of nitrogens with one attached hydrogen (secondary N) is 2. The number of H-pyrrole nitrogens is 1. The lowest BCUT2D eigenvalue weighted by Crippen LogP contribution is -2.37. The largest absolute Gasteiger partial charge is 0.348 e. The summed E-state index contributed by atoms with van der Waals surface area (Å²) in [7, 11) is 0. The van der Waals surface area contributed by atoms with E-state index in [4.69, 9.17) is 0 Å². The highest BCUT2D eigenvalue weighted by Gasteiger charge is 2.33. The van der Waals surface area contributed by atoms with Crippen molar-refractivity contribution in [3.05, 3.63) is 52.8 Å². The summed E-state index contributed by atoms with van der Waals surface area (Å²) in [4.78, 5) is 15.1. The molecule has 1 aliphatic carbocycles. The number of hydrogen-bond acceptors (Lipinski definition) is 3. The molecule has 4 rings (SSSR count). The van der Waals surface area contributed by atoms with Crippen LogP contribution in [0.25, 0.3) is 0 Å². The van der Waals surface area contributed by atoms with E-state index in [2.05, 4.69) is 44.7 Å². The Kier molecular flexibility index (Phi) is 4.10. The van der Waals surface area contributed by atoms with Crippen LogP contribution < -0.4 is 5.32 Å². The van der Waals surface area contributed by atoms with Gasteiger partial charge in [-0.3, -0.25) is 14.8 Å². The van der Waals surface area contributed by atoms with Crippen LogP contribution in [0.4, 0.5) is 0 Å². The number of nitrogens with zero attached hydrogens (tertiary/aromatic N) is 2. The second kappa shape index (κ2) is 6.40. The molecule has 5 heteroatoms. The van der Waals surface area contributed by atoms with E-state index in [1.165, 1.54) is 5.56 Å². The summed E-state index contributed by atoms with van der Waals surface area (Å²) in [6.45, 7) is 4.82. The molecule has 1 aromatic carbocycles. The normalized spacial score (nSPS) is 21.1. The first-order valence-electron chi connectivity index (χ1n) is 8.82. The van der Waals surface area contributed by atoms with Crippen LogP contribution in [-0.2, 0) is 6.54 Å². The molecule has 0 unspecified atom stereocenters. The molecule has 2 aromatic rings. The summed E-state index contributed by atoms with van der Waals surface area (Å²) in [6.07, 6.45) is 3.31. The Labute approximate surface area is 142 Å². The number of hydrogen-bond donors (Lipinski definition) is 2. The monoisotopic (exact) mass is 324 g/mol. The number of carbonyl (C=O) groups excluding carboxylic acids is 1. The highest BCUT2D eigenvalue weighted by atomic mass is 16.1. The lowest BCUT2D eigenvalue weighted by Gasteiger charge is -2.17. The van der Waals surface area contributed by atoms with Crippen molar-refractivity contribution in [2.75, 3.05) is 13.1 Å². The van der Waals surface area contributed by atoms with Crippen LogP contribution in [0.15, 0.2) is 30.3 Å². The predicted octanol–water partition coefficient (Wildman–Crippen LogP) is 2.60. The van der Waals surface area contributed by atoms with Gasteiger partial charge in [-0.15, -0.1) is 0 Å². The molecule has 2 heterocycles. The van der Waals surface area contributed by atoms with E-state index in [-0.39, 0.29) is 11.9 Å². The van der Waals surface area contributed by atoms with Gasteiger partial charge in [0.25, 0.3) is 5.91 Å². The average molecular weight is 324 g/mol. The van der Waals surface area contributed by atoms with Crippen LogP contribution in [0.1, 0.15) is 52.5 Å². The second-order valence-corrected chi connectivity index (χ2v) is 7.06. The Morgan fingerprint density at radius 1 is 1.29 bits per heavy atom. The number of amides is 1. The van der Waals surface area contributed by atoms with Crippen LogP contribution in [-0.4, -0.2) is 40.1 Å². The maximum atomic E-state index is 12.7. The fourth-order valence-electron chi connectivity index (χ4n) is 3.58. The van der Waals surface area contributed by atoms with Crippen molar-refractivity contribution in [2.24, 2.45) is 0 Å². The smallest absolute Gasteiger partial charge is 0.255 e. The van der Waals surface area contributed by atoms with Crippen molar-refractivity contribution in [2.45, 2.75) is 44.7 Å². The second-order valence-electron chi connectivity index (χ2n) is 7.06. The summed E-state index contributed by atoms with van der Waals surface area (Å²) in [6, 6.07) is 10.7. The van der Waals surface area contributed by atoms with Crippen LogP contribution >= 0.6 is 0 Å². The van der Waals surface area contributed by atoms with Gasteiger partial charge in [-0.1, -0.05) is 30.3 Å². The average Bonchev–Trinajstić information content (AvgIpc) is 3.22. The molecule has 1 saturated carbocycles.